The molecule has 0 spiro atoms. The van der Waals surface area contributed by atoms with Gasteiger partial charge in [-0.15, -0.1) is 0 Å². The lowest BCUT2D eigenvalue weighted by molar-refractivity contribution is 0.328. The molecule has 118 valence electrons. The molecular weight excluding hydrogens is 300 g/mol. The molecule has 1 aromatic heterocycles. The number of rotatable bonds is 4. The van der Waals surface area contributed by atoms with Crippen LogP contribution in [-0.4, -0.2) is 37.3 Å². The van der Waals surface area contributed by atoms with E-state index < -0.39 is 10.0 Å². The minimum atomic E-state index is -3.54. The predicted molar refractivity (Wildman–Crippen MR) is 84.3 cm³/mol. The van der Waals surface area contributed by atoms with Crippen LogP contribution in [0.4, 0.5) is 0 Å². The van der Waals surface area contributed by atoms with Crippen molar-refractivity contribution in [3.8, 4) is 5.69 Å². The summed E-state index contributed by atoms with van der Waals surface area (Å²) in [4.78, 5) is 0.196. The second-order valence-electron chi connectivity index (χ2n) is 5.65. The van der Waals surface area contributed by atoms with E-state index in [-0.39, 0.29) is 16.9 Å². The van der Waals surface area contributed by atoms with Crippen molar-refractivity contribution in [3.05, 3.63) is 42.7 Å². The first-order chi connectivity index (χ1) is 10.6. The summed E-state index contributed by atoms with van der Waals surface area (Å²) in [6.07, 6.45) is 3.73. The first kappa shape index (κ1) is 15.2. The topological polar surface area (TPSA) is 76.0 Å². The normalized spacial score (nSPS) is 22.6. The van der Waals surface area contributed by atoms with Crippen molar-refractivity contribution in [1.82, 2.24) is 19.8 Å². The van der Waals surface area contributed by atoms with Crippen LogP contribution in [0.25, 0.3) is 5.69 Å². The third kappa shape index (κ3) is 3.21. The third-order valence-corrected chi connectivity index (χ3v) is 5.43. The molecular formula is C15H20N4O2S. The van der Waals surface area contributed by atoms with Gasteiger partial charge >= 0.3 is 0 Å². The van der Waals surface area contributed by atoms with Gasteiger partial charge in [0.25, 0.3) is 0 Å². The molecule has 1 saturated heterocycles. The number of nitrogens with zero attached hydrogens (tertiary/aromatic N) is 2. The van der Waals surface area contributed by atoms with E-state index in [1.165, 1.54) is 6.20 Å². The molecule has 2 heterocycles. The van der Waals surface area contributed by atoms with Crippen molar-refractivity contribution < 1.29 is 8.42 Å². The fraction of sp³-hybridized carbons (Fsp3) is 0.400. The molecule has 2 N–H and O–H groups in total. The maximum atomic E-state index is 12.5. The largest absolute Gasteiger partial charge is 0.316 e. The predicted octanol–water partition coefficient (Wildman–Crippen LogP) is 1.15. The molecule has 1 fully saturated rings. The highest BCUT2D eigenvalue weighted by Gasteiger charge is 2.27. The fourth-order valence-corrected chi connectivity index (χ4v) is 3.93. The molecule has 22 heavy (non-hydrogen) atoms. The number of aromatic nitrogens is 2. The first-order valence-corrected chi connectivity index (χ1v) is 8.88. The SMILES string of the molecule is CC1CNCCC1NS(=O)(=O)c1cnn(-c2ccccc2)c1. The Bertz CT molecular complexity index is 727. The first-order valence-electron chi connectivity index (χ1n) is 7.39. The van der Waals surface area contributed by atoms with Gasteiger partial charge in [-0.25, -0.2) is 17.8 Å². The van der Waals surface area contributed by atoms with Crippen molar-refractivity contribution in [3.63, 3.8) is 0 Å². The summed E-state index contributed by atoms with van der Waals surface area (Å²) in [7, 11) is -3.54. The average Bonchev–Trinajstić information content (AvgIpc) is 3.01. The standard InChI is InChI=1S/C15H20N4O2S/c1-12-9-16-8-7-15(12)18-22(20,21)14-10-17-19(11-14)13-5-3-2-4-6-13/h2-6,10-12,15-16,18H,7-9H2,1H3. The lowest BCUT2D eigenvalue weighted by Crippen LogP contribution is -2.48. The molecule has 0 bridgehead atoms. The number of para-hydroxylation sites is 1. The average molecular weight is 320 g/mol. The lowest BCUT2D eigenvalue weighted by Gasteiger charge is -2.29. The van der Waals surface area contributed by atoms with E-state index in [1.807, 2.05) is 37.3 Å². The molecule has 2 atom stereocenters. The molecule has 6 nitrogen and oxygen atoms in total. The molecule has 0 amide bonds. The monoisotopic (exact) mass is 320 g/mol. The molecule has 0 radical (unpaired) electrons. The van der Waals surface area contributed by atoms with Crippen LogP contribution >= 0.6 is 0 Å². The Hall–Kier alpha value is -1.70. The van der Waals surface area contributed by atoms with Gasteiger partial charge in [-0.05, 0) is 37.6 Å². The van der Waals surface area contributed by atoms with Crippen LogP contribution in [-0.2, 0) is 10.0 Å². The highest BCUT2D eigenvalue weighted by Crippen LogP contribution is 2.16. The van der Waals surface area contributed by atoms with Crippen molar-refractivity contribution in [1.29, 1.82) is 0 Å². The minimum Gasteiger partial charge on any atom is -0.316 e. The highest BCUT2D eigenvalue weighted by atomic mass is 32.2. The van der Waals surface area contributed by atoms with Crippen LogP contribution in [0.5, 0.6) is 0 Å². The summed E-state index contributed by atoms with van der Waals surface area (Å²) in [5.41, 5.74) is 0.833. The van der Waals surface area contributed by atoms with Crippen LogP contribution in [0.3, 0.4) is 0 Å². The van der Waals surface area contributed by atoms with Gasteiger partial charge in [0, 0.05) is 6.04 Å². The van der Waals surface area contributed by atoms with E-state index in [4.69, 9.17) is 0 Å². The maximum Gasteiger partial charge on any atom is 0.243 e. The number of piperidine rings is 1. The minimum absolute atomic E-state index is 0.0358. The Labute approximate surface area is 130 Å². The van der Waals surface area contributed by atoms with Gasteiger partial charge in [0.05, 0.1) is 18.1 Å². The summed E-state index contributed by atoms with van der Waals surface area (Å²) in [6, 6.07) is 9.41. The van der Waals surface area contributed by atoms with E-state index in [9.17, 15) is 8.42 Å². The summed E-state index contributed by atoms with van der Waals surface area (Å²) in [6.45, 7) is 3.71. The van der Waals surface area contributed by atoms with Gasteiger partial charge < -0.3 is 5.32 Å². The Morgan fingerprint density at radius 2 is 2.09 bits per heavy atom. The second-order valence-corrected chi connectivity index (χ2v) is 7.37. The molecule has 0 aliphatic carbocycles. The highest BCUT2D eigenvalue weighted by molar-refractivity contribution is 7.89. The summed E-state index contributed by atoms with van der Waals surface area (Å²) < 4.78 is 29.4. The van der Waals surface area contributed by atoms with Gasteiger partial charge in [0.15, 0.2) is 0 Å². The molecule has 2 aromatic rings. The summed E-state index contributed by atoms with van der Waals surface area (Å²) >= 11 is 0. The number of nitrogens with one attached hydrogen (secondary N) is 2. The molecule has 2 unspecified atom stereocenters. The van der Waals surface area contributed by atoms with Crippen LogP contribution in [0, 0.1) is 5.92 Å². The number of sulfonamides is 1. The Kier molecular flexibility index (Phi) is 4.28. The smallest absolute Gasteiger partial charge is 0.243 e. The molecule has 3 rings (SSSR count). The van der Waals surface area contributed by atoms with Gasteiger partial charge in [0.2, 0.25) is 10.0 Å². The van der Waals surface area contributed by atoms with Crippen molar-refractivity contribution >= 4 is 10.0 Å². The maximum absolute atomic E-state index is 12.5. The Morgan fingerprint density at radius 1 is 1.32 bits per heavy atom. The zero-order chi connectivity index (χ0) is 15.6. The fourth-order valence-electron chi connectivity index (χ4n) is 2.62. The van der Waals surface area contributed by atoms with Crippen LogP contribution in [0.15, 0.2) is 47.6 Å². The van der Waals surface area contributed by atoms with Crippen LogP contribution < -0.4 is 10.0 Å². The molecule has 1 aliphatic rings. The van der Waals surface area contributed by atoms with E-state index in [1.54, 1.807) is 10.9 Å². The number of hydrogen-bond donors (Lipinski definition) is 2. The summed E-state index contributed by atoms with van der Waals surface area (Å²) in [5.74, 6) is 0.271. The van der Waals surface area contributed by atoms with E-state index in [2.05, 4.69) is 15.1 Å². The van der Waals surface area contributed by atoms with Crippen molar-refractivity contribution in [2.75, 3.05) is 13.1 Å². The van der Waals surface area contributed by atoms with E-state index in [0.29, 0.717) is 0 Å². The zero-order valence-electron chi connectivity index (χ0n) is 12.4. The van der Waals surface area contributed by atoms with Crippen molar-refractivity contribution in [2.24, 2.45) is 5.92 Å². The van der Waals surface area contributed by atoms with Crippen LogP contribution in [0.2, 0.25) is 0 Å². The van der Waals surface area contributed by atoms with Crippen LogP contribution in [0.1, 0.15) is 13.3 Å². The van der Waals surface area contributed by atoms with Gasteiger partial charge in [-0.2, -0.15) is 5.10 Å². The quantitative estimate of drug-likeness (QED) is 0.886. The zero-order valence-corrected chi connectivity index (χ0v) is 13.3. The van der Waals surface area contributed by atoms with Gasteiger partial charge in [-0.1, -0.05) is 25.1 Å². The Morgan fingerprint density at radius 3 is 2.82 bits per heavy atom. The number of hydrogen-bond acceptors (Lipinski definition) is 4. The number of benzene rings is 1. The molecule has 0 saturated carbocycles. The third-order valence-electron chi connectivity index (χ3n) is 3.98. The molecule has 1 aliphatic heterocycles. The second kappa shape index (κ2) is 6.20. The Balaban J connectivity index is 1.79. The van der Waals surface area contributed by atoms with E-state index in [0.717, 1.165) is 25.2 Å². The van der Waals surface area contributed by atoms with Gasteiger partial charge in [0.1, 0.15) is 4.90 Å². The van der Waals surface area contributed by atoms with Gasteiger partial charge in [-0.3, -0.25) is 0 Å². The molecule has 1 aromatic carbocycles. The lowest BCUT2D eigenvalue weighted by atomic mass is 9.97. The summed E-state index contributed by atoms with van der Waals surface area (Å²) in [5, 5.41) is 7.41. The van der Waals surface area contributed by atoms with Crippen molar-refractivity contribution in [2.45, 2.75) is 24.3 Å². The van der Waals surface area contributed by atoms with E-state index >= 15 is 0 Å². The molecule has 7 heteroatoms.